The maximum Gasteiger partial charge on any atom is 0.341 e. The number of nitrogens with one attached hydrogen (secondary N) is 1. The first-order valence-electron chi connectivity index (χ1n) is 8.22. The van der Waals surface area contributed by atoms with Gasteiger partial charge in [0.2, 0.25) is 0 Å². The number of hydrogen-bond donors (Lipinski definition) is 1. The number of likely N-dealkylation sites (N-methyl/N-ethyl adjacent to an activating group) is 1. The SMILES string of the molecule is CCOC(=O)c1c(NC(=O)c2c(C)cnn2C)sc2c1CCN(C)C2. The predicted octanol–water partition coefficient (Wildman–Crippen LogP) is 2.21. The van der Waals surface area contributed by atoms with E-state index in [-0.39, 0.29) is 11.9 Å². The van der Waals surface area contributed by atoms with Crippen LogP contribution in [0.3, 0.4) is 0 Å². The number of carbonyl (C=O) groups is 2. The molecule has 0 unspecified atom stereocenters. The Morgan fingerprint density at radius 2 is 2.16 bits per heavy atom. The van der Waals surface area contributed by atoms with Crippen LogP contribution in [0, 0.1) is 6.92 Å². The maximum atomic E-state index is 12.7. The van der Waals surface area contributed by atoms with Gasteiger partial charge in [-0.25, -0.2) is 4.79 Å². The van der Waals surface area contributed by atoms with Crippen molar-refractivity contribution in [3.63, 3.8) is 0 Å². The Kier molecular flexibility index (Phi) is 4.91. The topological polar surface area (TPSA) is 76.5 Å². The van der Waals surface area contributed by atoms with Crippen LogP contribution in [-0.2, 0) is 24.8 Å². The van der Waals surface area contributed by atoms with E-state index in [0.29, 0.717) is 22.9 Å². The van der Waals surface area contributed by atoms with E-state index in [0.717, 1.165) is 35.5 Å². The second-order valence-corrected chi connectivity index (χ2v) is 7.28. The molecule has 2 aromatic heterocycles. The molecule has 1 N–H and O–H groups in total. The van der Waals surface area contributed by atoms with Crippen molar-refractivity contribution in [2.75, 3.05) is 25.5 Å². The zero-order valence-electron chi connectivity index (χ0n) is 14.9. The monoisotopic (exact) mass is 362 g/mol. The van der Waals surface area contributed by atoms with Gasteiger partial charge in [0.15, 0.2) is 0 Å². The number of rotatable bonds is 4. The summed E-state index contributed by atoms with van der Waals surface area (Å²) in [6, 6.07) is 0. The van der Waals surface area contributed by atoms with Crippen LogP contribution in [0.4, 0.5) is 5.00 Å². The molecule has 3 rings (SSSR count). The lowest BCUT2D eigenvalue weighted by Gasteiger charge is -2.22. The second-order valence-electron chi connectivity index (χ2n) is 6.17. The van der Waals surface area contributed by atoms with Crippen LogP contribution in [-0.4, -0.2) is 46.8 Å². The third-order valence-corrected chi connectivity index (χ3v) is 5.42. The summed E-state index contributed by atoms with van der Waals surface area (Å²) < 4.78 is 6.76. The standard InChI is InChI=1S/C17H22N4O3S/c1-5-24-17(23)13-11-6-7-20(3)9-12(11)25-16(13)19-15(22)14-10(2)8-18-21(14)4/h8H,5-7,9H2,1-4H3,(H,19,22). The van der Waals surface area contributed by atoms with Gasteiger partial charge in [-0.1, -0.05) is 0 Å². The summed E-state index contributed by atoms with van der Waals surface area (Å²) in [6.45, 7) is 5.57. The number of aryl methyl sites for hydroxylation is 2. The molecule has 7 nitrogen and oxygen atoms in total. The minimum Gasteiger partial charge on any atom is -0.462 e. The van der Waals surface area contributed by atoms with Gasteiger partial charge in [-0.15, -0.1) is 11.3 Å². The number of amides is 1. The molecule has 0 aliphatic carbocycles. The molecule has 1 amide bonds. The van der Waals surface area contributed by atoms with Gasteiger partial charge in [0.1, 0.15) is 10.7 Å². The molecule has 0 fully saturated rings. The van der Waals surface area contributed by atoms with Crippen molar-refractivity contribution >= 4 is 28.2 Å². The molecule has 0 radical (unpaired) electrons. The fraction of sp³-hybridized carbons (Fsp3) is 0.471. The molecule has 1 aliphatic heterocycles. The third-order valence-electron chi connectivity index (χ3n) is 4.29. The van der Waals surface area contributed by atoms with E-state index in [1.54, 1.807) is 20.2 Å². The Bertz CT molecular complexity index is 805. The minimum atomic E-state index is -0.374. The summed E-state index contributed by atoms with van der Waals surface area (Å²) in [4.78, 5) is 28.5. The highest BCUT2D eigenvalue weighted by molar-refractivity contribution is 7.17. The molecular formula is C17H22N4O3S. The van der Waals surface area contributed by atoms with Crippen LogP contribution in [0.5, 0.6) is 0 Å². The van der Waals surface area contributed by atoms with Gasteiger partial charge in [-0.2, -0.15) is 5.10 Å². The average molecular weight is 362 g/mol. The normalized spacial score (nSPS) is 14.2. The molecule has 25 heavy (non-hydrogen) atoms. The first-order valence-corrected chi connectivity index (χ1v) is 9.04. The summed E-state index contributed by atoms with van der Waals surface area (Å²) in [6.07, 6.45) is 2.42. The molecule has 2 aromatic rings. The van der Waals surface area contributed by atoms with E-state index in [9.17, 15) is 9.59 Å². The average Bonchev–Trinajstić information content (AvgIpc) is 3.06. The molecule has 0 aromatic carbocycles. The van der Waals surface area contributed by atoms with Gasteiger partial charge in [0.25, 0.3) is 5.91 Å². The van der Waals surface area contributed by atoms with Gasteiger partial charge >= 0.3 is 5.97 Å². The molecule has 0 spiro atoms. The fourth-order valence-corrected chi connectivity index (χ4v) is 4.39. The highest BCUT2D eigenvalue weighted by atomic mass is 32.1. The maximum absolute atomic E-state index is 12.7. The van der Waals surface area contributed by atoms with E-state index in [1.165, 1.54) is 16.0 Å². The number of aromatic nitrogens is 2. The molecule has 1 aliphatic rings. The minimum absolute atomic E-state index is 0.269. The lowest BCUT2D eigenvalue weighted by molar-refractivity contribution is 0.0526. The van der Waals surface area contributed by atoms with E-state index in [4.69, 9.17) is 4.74 Å². The van der Waals surface area contributed by atoms with Crippen molar-refractivity contribution in [2.24, 2.45) is 7.05 Å². The fourth-order valence-electron chi connectivity index (χ4n) is 3.07. The van der Waals surface area contributed by atoms with Crippen LogP contribution in [0.25, 0.3) is 0 Å². The number of nitrogens with zero attached hydrogens (tertiary/aromatic N) is 3. The van der Waals surface area contributed by atoms with Gasteiger partial charge in [-0.3, -0.25) is 9.48 Å². The predicted molar refractivity (Wildman–Crippen MR) is 96.2 cm³/mol. The molecule has 0 saturated heterocycles. The number of ether oxygens (including phenoxy) is 1. The molecule has 0 saturated carbocycles. The highest BCUT2D eigenvalue weighted by Gasteiger charge is 2.29. The van der Waals surface area contributed by atoms with Crippen molar-refractivity contribution in [3.8, 4) is 0 Å². The molecule has 0 bridgehead atoms. The van der Waals surface area contributed by atoms with Crippen molar-refractivity contribution in [1.82, 2.24) is 14.7 Å². The van der Waals surface area contributed by atoms with Gasteiger partial charge in [0.05, 0.1) is 18.4 Å². The number of thiophene rings is 1. The van der Waals surface area contributed by atoms with E-state index < -0.39 is 0 Å². The van der Waals surface area contributed by atoms with Crippen molar-refractivity contribution < 1.29 is 14.3 Å². The van der Waals surface area contributed by atoms with Crippen LogP contribution in [0.2, 0.25) is 0 Å². The molecule has 8 heteroatoms. The molecule has 3 heterocycles. The summed E-state index contributed by atoms with van der Waals surface area (Å²) >= 11 is 1.45. The Hall–Kier alpha value is -2.19. The van der Waals surface area contributed by atoms with Crippen LogP contribution in [0.15, 0.2) is 6.20 Å². The molecule has 0 atom stereocenters. The highest BCUT2D eigenvalue weighted by Crippen LogP contribution is 2.37. The van der Waals surface area contributed by atoms with Crippen LogP contribution >= 0.6 is 11.3 Å². The summed E-state index contributed by atoms with van der Waals surface area (Å²) in [5.41, 5.74) is 2.78. The number of fused-ring (bicyclic) bond motifs is 1. The molecular weight excluding hydrogens is 340 g/mol. The van der Waals surface area contributed by atoms with E-state index >= 15 is 0 Å². The summed E-state index contributed by atoms with van der Waals surface area (Å²) in [5, 5.41) is 7.57. The second kappa shape index (κ2) is 6.97. The number of hydrogen-bond acceptors (Lipinski definition) is 6. The van der Waals surface area contributed by atoms with Gasteiger partial charge in [0, 0.05) is 25.0 Å². The van der Waals surface area contributed by atoms with Crippen LogP contribution < -0.4 is 5.32 Å². The number of carbonyl (C=O) groups excluding carboxylic acids is 2. The first kappa shape index (κ1) is 17.6. The lowest BCUT2D eigenvalue weighted by atomic mass is 10.0. The Morgan fingerprint density at radius 3 is 2.80 bits per heavy atom. The third kappa shape index (κ3) is 3.32. The Morgan fingerprint density at radius 1 is 1.40 bits per heavy atom. The number of anilines is 1. The van der Waals surface area contributed by atoms with Crippen molar-refractivity contribution in [1.29, 1.82) is 0 Å². The van der Waals surface area contributed by atoms with Crippen LogP contribution in [0.1, 0.15) is 43.8 Å². The Labute approximate surface area is 150 Å². The smallest absolute Gasteiger partial charge is 0.341 e. The quantitative estimate of drug-likeness (QED) is 0.844. The zero-order chi connectivity index (χ0) is 18.1. The lowest BCUT2D eigenvalue weighted by Crippen LogP contribution is -2.26. The van der Waals surface area contributed by atoms with Crippen molar-refractivity contribution in [2.45, 2.75) is 26.8 Å². The molecule has 134 valence electrons. The van der Waals surface area contributed by atoms with E-state index in [2.05, 4.69) is 15.3 Å². The Balaban J connectivity index is 1.98. The summed E-state index contributed by atoms with van der Waals surface area (Å²) in [7, 11) is 3.77. The zero-order valence-corrected chi connectivity index (χ0v) is 15.7. The first-order chi connectivity index (χ1) is 11.9. The number of esters is 1. The van der Waals surface area contributed by atoms with Crippen molar-refractivity contribution in [3.05, 3.63) is 33.5 Å². The summed E-state index contributed by atoms with van der Waals surface area (Å²) in [5.74, 6) is -0.642. The van der Waals surface area contributed by atoms with Gasteiger partial charge < -0.3 is 15.0 Å². The van der Waals surface area contributed by atoms with Gasteiger partial charge in [-0.05, 0) is 38.4 Å². The largest absolute Gasteiger partial charge is 0.462 e. The van der Waals surface area contributed by atoms with E-state index in [1.807, 2.05) is 14.0 Å².